The Kier molecular flexibility index (Phi) is 5.22. The predicted molar refractivity (Wildman–Crippen MR) is 116 cm³/mol. The zero-order valence-electron chi connectivity index (χ0n) is 18.7. The number of nitro benzene ring substituents is 1. The maximum atomic E-state index is 13.2. The van der Waals surface area contributed by atoms with Crippen LogP contribution in [0.15, 0.2) is 17.2 Å². The van der Waals surface area contributed by atoms with Crippen molar-refractivity contribution in [3.8, 4) is 11.5 Å². The molecule has 0 heterocycles. The van der Waals surface area contributed by atoms with Gasteiger partial charge < -0.3 is 9.47 Å². The van der Waals surface area contributed by atoms with Crippen molar-refractivity contribution >= 4 is 17.8 Å². The van der Waals surface area contributed by atoms with Gasteiger partial charge in [0.15, 0.2) is 5.75 Å². The van der Waals surface area contributed by atoms with Gasteiger partial charge >= 0.3 is 5.69 Å². The lowest BCUT2D eigenvalue weighted by Gasteiger charge is -2.64. The van der Waals surface area contributed by atoms with Gasteiger partial charge in [-0.15, -0.1) is 0 Å². The van der Waals surface area contributed by atoms with E-state index in [0.717, 1.165) is 19.3 Å². The standard InChI is InChI=1S/C23H31N3O5/c1-5-31-18-7-15(6-17(26(28)29)19(18)30-4)11-24-25-20(27)23-10-16-8-21(2,13-23)12-22(3,9-16)14-23/h6-7,11,16H,5,8-10,12-14H2,1-4H3,(H,25,27)/b24-11+. The average Bonchev–Trinajstić information content (AvgIpc) is 2.65. The van der Waals surface area contributed by atoms with Gasteiger partial charge in [0, 0.05) is 11.6 Å². The highest BCUT2D eigenvalue weighted by atomic mass is 16.6. The van der Waals surface area contributed by atoms with Crippen LogP contribution in [-0.2, 0) is 4.79 Å². The fraction of sp³-hybridized carbons (Fsp3) is 0.652. The Bertz CT molecular complexity index is 925. The number of rotatable bonds is 7. The lowest BCUT2D eigenvalue weighted by molar-refractivity contribution is -0.385. The Morgan fingerprint density at radius 3 is 2.48 bits per heavy atom. The summed E-state index contributed by atoms with van der Waals surface area (Å²) in [6.07, 6.45) is 7.82. The number of benzene rings is 1. The van der Waals surface area contributed by atoms with Crippen LogP contribution in [0.3, 0.4) is 0 Å². The maximum absolute atomic E-state index is 13.2. The van der Waals surface area contributed by atoms with Crippen LogP contribution in [0.1, 0.15) is 64.9 Å². The van der Waals surface area contributed by atoms with E-state index in [-0.39, 0.29) is 39.3 Å². The summed E-state index contributed by atoms with van der Waals surface area (Å²) >= 11 is 0. The fourth-order valence-electron chi connectivity index (χ4n) is 7.27. The van der Waals surface area contributed by atoms with E-state index in [2.05, 4.69) is 24.4 Å². The minimum Gasteiger partial charge on any atom is -0.490 e. The van der Waals surface area contributed by atoms with Crippen molar-refractivity contribution in [3.05, 3.63) is 27.8 Å². The van der Waals surface area contributed by atoms with Crippen molar-refractivity contribution in [2.45, 2.75) is 59.3 Å². The molecule has 2 atom stereocenters. The molecule has 8 heteroatoms. The van der Waals surface area contributed by atoms with Gasteiger partial charge in [0.1, 0.15) is 0 Å². The van der Waals surface area contributed by atoms with Crippen LogP contribution in [0.4, 0.5) is 5.69 Å². The summed E-state index contributed by atoms with van der Waals surface area (Å²) in [5.74, 6) is 0.925. The molecule has 1 aromatic carbocycles. The molecule has 0 radical (unpaired) electrons. The molecule has 2 unspecified atom stereocenters. The SMILES string of the molecule is CCOc1cc(/C=N/NC(=O)C23CC4CC(C)(CC(C)(C4)C2)C3)cc([N+](=O)[O-])c1OC. The van der Waals surface area contributed by atoms with E-state index in [0.29, 0.717) is 18.1 Å². The monoisotopic (exact) mass is 429 g/mol. The van der Waals surface area contributed by atoms with Crippen LogP contribution >= 0.6 is 0 Å². The number of amides is 1. The molecule has 4 saturated carbocycles. The number of hydrazone groups is 1. The summed E-state index contributed by atoms with van der Waals surface area (Å²) in [4.78, 5) is 24.2. The first kappa shape index (κ1) is 21.6. The van der Waals surface area contributed by atoms with E-state index < -0.39 is 4.92 Å². The first-order valence-electron chi connectivity index (χ1n) is 10.9. The number of hydrogen-bond acceptors (Lipinski definition) is 6. The molecule has 4 aliphatic rings. The van der Waals surface area contributed by atoms with Gasteiger partial charge in [-0.1, -0.05) is 13.8 Å². The third kappa shape index (κ3) is 3.88. The second-order valence-electron chi connectivity index (χ2n) is 10.4. The maximum Gasteiger partial charge on any atom is 0.315 e. The Hall–Kier alpha value is -2.64. The van der Waals surface area contributed by atoms with Crippen molar-refractivity contribution in [2.75, 3.05) is 13.7 Å². The molecule has 4 fully saturated rings. The van der Waals surface area contributed by atoms with Crippen LogP contribution in [0.2, 0.25) is 0 Å². The first-order valence-corrected chi connectivity index (χ1v) is 10.9. The average molecular weight is 430 g/mol. The van der Waals surface area contributed by atoms with Gasteiger partial charge in [0.05, 0.1) is 30.3 Å². The number of ether oxygens (including phenoxy) is 2. The van der Waals surface area contributed by atoms with Crippen molar-refractivity contribution in [2.24, 2.45) is 27.3 Å². The largest absolute Gasteiger partial charge is 0.490 e. The Morgan fingerprint density at radius 1 is 1.26 bits per heavy atom. The lowest BCUT2D eigenvalue weighted by Crippen LogP contribution is -2.59. The van der Waals surface area contributed by atoms with Gasteiger partial charge in [-0.2, -0.15) is 5.10 Å². The summed E-state index contributed by atoms with van der Waals surface area (Å²) in [6, 6.07) is 2.99. The predicted octanol–water partition coefficient (Wildman–Crippen LogP) is 4.45. The number of nitro groups is 1. The molecule has 1 amide bonds. The molecule has 31 heavy (non-hydrogen) atoms. The third-order valence-corrected chi connectivity index (χ3v) is 7.25. The zero-order valence-corrected chi connectivity index (χ0v) is 18.7. The van der Waals surface area contributed by atoms with Crippen molar-refractivity contribution in [3.63, 3.8) is 0 Å². The smallest absolute Gasteiger partial charge is 0.315 e. The molecular formula is C23H31N3O5. The van der Waals surface area contributed by atoms with E-state index in [9.17, 15) is 14.9 Å². The topological polar surface area (TPSA) is 103 Å². The van der Waals surface area contributed by atoms with Crippen LogP contribution < -0.4 is 14.9 Å². The summed E-state index contributed by atoms with van der Waals surface area (Å²) < 4.78 is 10.7. The van der Waals surface area contributed by atoms with Crippen LogP contribution in [0.5, 0.6) is 11.5 Å². The van der Waals surface area contributed by atoms with Gasteiger partial charge in [-0.05, 0) is 68.3 Å². The van der Waals surface area contributed by atoms with Crippen molar-refractivity contribution in [1.29, 1.82) is 0 Å². The first-order chi connectivity index (χ1) is 14.6. The number of nitrogens with one attached hydrogen (secondary N) is 1. The van der Waals surface area contributed by atoms with Gasteiger partial charge in [-0.3, -0.25) is 14.9 Å². The van der Waals surface area contributed by atoms with E-state index in [1.807, 2.05) is 0 Å². The van der Waals surface area contributed by atoms with E-state index in [1.165, 1.54) is 38.7 Å². The summed E-state index contributed by atoms with van der Waals surface area (Å²) in [7, 11) is 1.37. The molecule has 0 aromatic heterocycles. The molecule has 0 saturated heterocycles. The molecule has 8 nitrogen and oxygen atoms in total. The minimum atomic E-state index is -0.520. The van der Waals surface area contributed by atoms with Crippen LogP contribution in [0, 0.1) is 32.3 Å². The molecule has 4 aliphatic carbocycles. The Morgan fingerprint density at radius 2 is 1.94 bits per heavy atom. The number of methoxy groups -OCH3 is 1. The summed E-state index contributed by atoms with van der Waals surface area (Å²) in [5.41, 5.74) is 3.10. The molecule has 0 aliphatic heterocycles. The normalized spacial score (nSPS) is 33.5. The number of hydrogen-bond donors (Lipinski definition) is 1. The van der Waals surface area contributed by atoms with Crippen LogP contribution in [-0.4, -0.2) is 30.8 Å². The van der Waals surface area contributed by atoms with Gasteiger partial charge in [0.25, 0.3) is 0 Å². The van der Waals surface area contributed by atoms with Gasteiger partial charge in [-0.25, -0.2) is 5.43 Å². The van der Waals surface area contributed by atoms with Crippen molar-refractivity contribution < 1.29 is 19.2 Å². The third-order valence-electron chi connectivity index (χ3n) is 7.25. The molecule has 1 N–H and O–H groups in total. The second-order valence-corrected chi connectivity index (χ2v) is 10.4. The summed E-state index contributed by atoms with van der Waals surface area (Å²) in [6.45, 7) is 6.78. The quantitative estimate of drug-likeness (QED) is 0.392. The lowest BCUT2D eigenvalue weighted by atomic mass is 9.40. The number of nitrogens with zero attached hydrogens (tertiary/aromatic N) is 2. The highest BCUT2D eigenvalue weighted by molar-refractivity contribution is 5.87. The van der Waals surface area contributed by atoms with E-state index in [4.69, 9.17) is 9.47 Å². The molecule has 1 aromatic rings. The Balaban J connectivity index is 1.54. The fourth-order valence-corrected chi connectivity index (χ4v) is 7.27. The van der Waals surface area contributed by atoms with E-state index in [1.54, 1.807) is 13.0 Å². The molecule has 5 rings (SSSR count). The summed E-state index contributed by atoms with van der Waals surface area (Å²) in [5, 5.41) is 15.6. The van der Waals surface area contributed by atoms with Gasteiger partial charge in [0.2, 0.25) is 11.7 Å². The second kappa shape index (κ2) is 7.50. The molecular weight excluding hydrogens is 398 g/mol. The zero-order chi connectivity index (χ0) is 22.4. The Labute approximate surface area is 182 Å². The molecule has 168 valence electrons. The molecule has 4 bridgehead atoms. The van der Waals surface area contributed by atoms with Crippen molar-refractivity contribution in [1.82, 2.24) is 5.43 Å². The van der Waals surface area contributed by atoms with Crippen LogP contribution in [0.25, 0.3) is 0 Å². The minimum absolute atomic E-state index is 0.0293. The highest BCUT2D eigenvalue weighted by Crippen LogP contribution is 2.69. The number of carbonyl (C=O) groups excluding carboxylic acids is 1. The number of carbonyl (C=O) groups is 1. The van der Waals surface area contributed by atoms with E-state index >= 15 is 0 Å². The highest BCUT2D eigenvalue weighted by Gasteiger charge is 2.62. The molecule has 0 spiro atoms.